The van der Waals surface area contributed by atoms with E-state index in [0.717, 1.165) is 0 Å². The van der Waals surface area contributed by atoms with Gasteiger partial charge in [-0.3, -0.25) is 0 Å². The molecule has 0 amide bonds. The maximum Gasteiger partial charge on any atom is 0.132 e. The van der Waals surface area contributed by atoms with Crippen molar-refractivity contribution in [3.63, 3.8) is 0 Å². The van der Waals surface area contributed by atoms with Crippen LogP contribution in [0.15, 0.2) is 12.1 Å². The third-order valence-electron chi connectivity index (χ3n) is 4.82. The van der Waals surface area contributed by atoms with Gasteiger partial charge in [0.1, 0.15) is 47.8 Å². The van der Waals surface area contributed by atoms with Gasteiger partial charge in [-0.05, 0) is 0 Å². The molecule has 0 N–H and O–H groups in total. The van der Waals surface area contributed by atoms with Gasteiger partial charge in [-0.1, -0.05) is 0 Å². The molecule has 0 bridgehead atoms. The molecular weight excluding hydrogens is 356 g/mol. The van der Waals surface area contributed by atoms with Crippen LogP contribution in [0, 0.1) is 0 Å². The lowest BCUT2D eigenvalue weighted by atomic mass is 9.89. The highest BCUT2D eigenvalue weighted by Crippen LogP contribution is 2.45. The first-order valence-electron chi connectivity index (χ1n) is 8.62. The topological polar surface area (TPSA) is 73.8 Å². The molecule has 0 aliphatic carbocycles. The molecule has 0 saturated carbocycles. The fourth-order valence-corrected chi connectivity index (χ4v) is 3.57. The Bertz CT molecular complexity index is 568. The predicted octanol–water partition coefficient (Wildman–Crippen LogP) is 1.84. The molecule has 1 aromatic carbocycles. The van der Waals surface area contributed by atoms with E-state index in [0.29, 0.717) is 29.4 Å². The molecule has 1 saturated heterocycles. The molecule has 8 nitrogen and oxygen atoms in total. The van der Waals surface area contributed by atoms with Crippen LogP contribution in [0.4, 0.5) is 0 Å². The van der Waals surface area contributed by atoms with E-state index in [4.69, 9.17) is 37.9 Å². The number of hydrogen-bond donors (Lipinski definition) is 0. The maximum absolute atomic E-state index is 6.35. The third kappa shape index (κ3) is 4.30. The van der Waals surface area contributed by atoms with E-state index in [1.807, 2.05) is 0 Å². The second-order valence-corrected chi connectivity index (χ2v) is 6.10. The minimum Gasteiger partial charge on any atom is -0.496 e. The van der Waals surface area contributed by atoms with Gasteiger partial charge in [0.15, 0.2) is 0 Å². The summed E-state index contributed by atoms with van der Waals surface area (Å²) in [6.45, 7) is 0.339. The van der Waals surface area contributed by atoms with Crippen molar-refractivity contribution < 1.29 is 37.9 Å². The predicted molar refractivity (Wildman–Crippen MR) is 98.0 cm³/mol. The minimum atomic E-state index is -0.526. The molecule has 2 rings (SSSR count). The Balaban J connectivity index is 2.57. The Kier molecular flexibility index (Phi) is 8.12. The molecule has 0 radical (unpaired) electrons. The summed E-state index contributed by atoms with van der Waals surface area (Å²) in [7, 11) is 11.2. The van der Waals surface area contributed by atoms with Gasteiger partial charge < -0.3 is 37.9 Å². The Morgan fingerprint density at radius 3 is 1.70 bits per heavy atom. The highest BCUT2D eigenvalue weighted by Gasteiger charge is 2.49. The lowest BCUT2D eigenvalue weighted by Gasteiger charge is -2.45. The molecule has 0 unspecified atom stereocenters. The van der Waals surface area contributed by atoms with E-state index in [2.05, 4.69) is 0 Å². The van der Waals surface area contributed by atoms with Gasteiger partial charge >= 0.3 is 0 Å². The smallest absolute Gasteiger partial charge is 0.132 e. The van der Waals surface area contributed by atoms with E-state index in [1.165, 1.54) is 0 Å². The van der Waals surface area contributed by atoms with Crippen LogP contribution in [0.2, 0.25) is 0 Å². The van der Waals surface area contributed by atoms with Crippen molar-refractivity contribution in [2.45, 2.75) is 30.5 Å². The Morgan fingerprint density at radius 2 is 1.30 bits per heavy atom. The molecule has 154 valence electrons. The quantitative estimate of drug-likeness (QED) is 0.637. The number of methoxy groups -OCH3 is 7. The van der Waals surface area contributed by atoms with E-state index >= 15 is 0 Å². The van der Waals surface area contributed by atoms with Crippen molar-refractivity contribution in [3.8, 4) is 17.2 Å². The lowest BCUT2D eigenvalue weighted by molar-refractivity contribution is -0.252. The van der Waals surface area contributed by atoms with Crippen LogP contribution < -0.4 is 14.2 Å². The Morgan fingerprint density at radius 1 is 0.741 bits per heavy atom. The van der Waals surface area contributed by atoms with Crippen LogP contribution in [0.3, 0.4) is 0 Å². The fraction of sp³-hybridized carbons (Fsp3) is 0.684. The lowest BCUT2D eigenvalue weighted by Crippen LogP contribution is -2.57. The summed E-state index contributed by atoms with van der Waals surface area (Å²) in [4.78, 5) is 0. The monoisotopic (exact) mass is 386 g/mol. The largest absolute Gasteiger partial charge is 0.496 e. The van der Waals surface area contributed by atoms with Crippen molar-refractivity contribution in [3.05, 3.63) is 17.7 Å². The van der Waals surface area contributed by atoms with Gasteiger partial charge in [0, 0.05) is 40.6 Å². The molecular formula is C19H30O8. The first-order chi connectivity index (χ1) is 13.1. The fourth-order valence-electron chi connectivity index (χ4n) is 3.57. The van der Waals surface area contributed by atoms with Crippen molar-refractivity contribution in [1.82, 2.24) is 0 Å². The van der Waals surface area contributed by atoms with Crippen LogP contribution in [0.5, 0.6) is 17.2 Å². The van der Waals surface area contributed by atoms with Gasteiger partial charge in [-0.15, -0.1) is 0 Å². The average Bonchev–Trinajstić information content (AvgIpc) is 2.71. The number of benzene rings is 1. The second-order valence-electron chi connectivity index (χ2n) is 6.10. The van der Waals surface area contributed by atoms with E-state index < -0.39 is 12.2 Å². The molecule has 1 aliphatic heterocycles. The van der Waals surface area contributed by atoms with Crippen LogP contribution in [0.25, 0.3) is 0 Å². The number of hydrogen-bond acceptors (Lipinski definition) is 8. The molecule has 1 fully saturated rings. The highest BCUT2D eigenvalue weighted by molar-refractivity contribution is 5.52. The van der Waals surface area contributed by atoms with Crippen LogP contribution in [-0.2, 0) is 23.7 Å². The molecule has 27 heavy (non-hydrogen) atoms. The first-order valence-corrected chi connectivity index (χ1v) is 8.62. The molecule has 5 atom stereocenters. The zero-order valence-corrected chi connectivity index (χ0v) is 17.0. The molecule has 1 heterocycles. The van der Waals surface area contributed by atoms with E-state index in [9.17, 15) is 0 Å². The zero-order chi connectivity index (χ0) is 20.0. The third-order valence-corrected chi connectivity index (χ3v) is 4.82. The maximum atomic E-state index is 6.35. The first kappa shape index (κ1) is 21.7. The summed E-state index contributed by atoms with van der Waals surface area (Å²) in [6.07, 6.45) is -2.08. The normalized spacial score (nSPS) is 28.0. The molecule has 0 aromatic heterocycles. The number of ether oxygens (including phenoxy) is 8. The van der Waals surface area contributed by atoms with Gasteiger partial charge in [0.25, 0.3) is 0 Å². The highest BCUT2D eigenvalue weighted by atomic mass is 16.6. The minimum absolute atomic E-state index is 0.339. The second kappa shape index (κ2) is 10.1. The summed E-state index contributed by atoms with van der Waals surface area (Å²) in [5.74, 6) is 1.75. The molecule has 1 aromatic rings. The van der Waals surface area contributed by atoms with Gasteiger partial charge in [0.2, 0.25) is 0 Å². The number of rotatable bonds is 9. The van der Waals surface area contributed by atoms with Crippen LogP contribution in [-0.4, -0.2) is 80.8 Å². The SMILES string of the molecule is COC[C@H]1O[C@@H](c2c(OC)cc(OC)cc2OC)[C@H](OC)[C@@H](OC)[C@H]1OC. The Hall–Kier alpha value is -1.58. The molecule has 0 spiro atoms. The summed E-state index contributed by atoms with van der Waals surface area (Å²) < 4.78 is 45.3. The molecule has 1 aliphatic rings. The van der Waals surface area contributed by atoms with Crippen molar-refractivity contribution >= 4 is 0 Å². The zero-order valence-electron chi connectivity index (χ0n) is 17.0. The Labute approximate surface area is 160 Å². The molecule has 8 heteroatoms. The summed E-state index contributed by atoms with van der Waals surface area (Å²) in [6, 6.07) is 3.56. The van der Waals surface area contributed by atoms with Crippen LogP contribution >= 0.6 is 0 Å². The van der Waals surface area contributed by atoms with Gasteiger partial charge in [-0.25, -0.2) is 0 Å². The van der Waals surface area contributed by atoms with Crippen molar-refractivity contribution in [2.75, 3.05) is 56.4 Å². The van der Waals surface area contributed by atoms with Crippen molar-refractivity contribution in [1.29, 1.82) is 0 Å². The standard InChI is InChI=1S/C19H30O8/c1-20-10-14-16(24-5)18(25-6)19(26-7)17(27-14)15-12(22-3)8-11(21-2)9-13(15)23-4/h8-9,14,16-19H,10H2,1-7H3/t14-,16+,17+,18+,19+/m1/s1. The van der Waals surface area contributed by atoms with Crippen LogP contribution in [0.1, 0.15) is 11.7 Å². The van der Waals surface area contributed by atoms with E-state index in [1.54, 1.807) is 61.9 Å². The average molecular weight is 386 g/mol. The van der Waals surface area contributed by atoms with Gasteiger partial charge in [0.05, 0.1) is 33.5 Å². The van der Waals surface area contributed by atoms with E-state index in [-0.39, 0.29) is 18.3 Å². The van der Waals surface area contributed by atoms with Gasteiger partial charge in [-0.2, -0.15) is 0 Å². The summed E-state index contributed by atoms with van der Waals surface area (Å²) in [5.41, 5.74) is 0.713. The van der Waals surface area contributed by atoms with Crippen molar-refractivity contribution in [2.24, 2.45) is 0 Å². The summed E-state index contributed by atoms with van der Waals surface area (Å²) in [5, 5.41) is 0. The summed E-state index contributed by atoms with van der Waals surface area (Å²) >= 11 is 0.